The van der Waals surface area contributed by atoms with Gasteiger partial charge in [-0.3, -0.25) is 19.3 Å². The fourth-order valence-electron chi connectivity index (χ4n) is 4.14. The molecule has 0 saturated carbocycles. The summed E-state index contributed by atoms with van der Waals surface area (Å²) >= 11 is 6.13. The molecule has 1 amide bonds. The maximum atomic E-state index is 13.3. The number of hydrogen-bond donors (Lipinski definition) is 1. The first-order valence-corrected chi connectivity index (χ1v) is 11.5. The molecule has 184 valence electrons. The minimum absolute atomic E-state index is 0.0807. The van der Waals surface area contributed by atoms with Gasteiger partial charge in [-0.25, -0.2) is 0 Å². The van der Waals surface area contributed by atoms with Gasteiger partial charge in [-0.15, -0.1) is 0 Å². The molecule has 8 heteroatoms. The molecule has 1 atom stereocenters. The van der Waals surface area contributed by atoms with Gasteiger partial charge in [0.15, 0.2) is 0 Å². The number of nitrogens with zero attached hydrogens (tertiary/aromatic N) is 1. The topological polar surface area (TPSA) is 93.1 Å². The number of halogens is 1. The van der Waals surface area contributed by atoms with Crippen molar-refractivity contribution in [2.24, 2.45) is 0 Å². The van der Waals surface area contributed by atoms with Gasteiger partial charge >= 0.3 is 5.97 Å². The van der Waals surface area contributed by atoms with Crippen LogP contribution in [0.2, 0.25) is 5.02 Å². The normalized spacial score (nSPS) is 16.8. The highest BCUT2D eigenvalue weighted by Gasteiger charge is 2.47. The van der Waals surface area contributed by atoms with Crippen LogP contribution in [0.5, 0.6) is 11.5 Å². The summed E-state index contributed by atoms with van der Waals surface area (Å²) in [5, 5.41) is 11.6. The molecule has 1 aliphatic rings. The van der Waals surface area contributed by atoms with E-state index in [4.69, 9.17) is 21.1 Å². The van der Waals surface area contributed by atoms with Crippen LogP contribution in [0.1, 0.15) is 35.2 Å². The SMILES string of the molecule is COc1cc(/C(O)=C2\C(=O)C(=O)N(c3ccc(C)c(C)c3)C2c2ccc(OC(C)=O)cc2)ccc1Cl. The Balaban J connectivity index is 1.92. The summed E-state index contributed by atoms with van der Waals surface area (Å²) < 4.78 is 10.4. The summed E-state index contributed by atoms with van der Waals surface area (Å²) in [5.41, 5.74) is 3.23. The molecule has 1 heterocycles. The highest BCUT2D eigenvalue weighted by molar-refractivity contribution is 6.51. The highest BCUT2D eigenvalue weighted by Crippen LogP contribution is 2.43. The lowest BCUT2D eigenvalue weighted by Gasteiger charge is -2.26. The van der Waals surface area contributed by atoms with Gasteiger partial charge in [0.05, 0.1) is 23.7 Å². The molecular formula is C28H24ClNO6. The van der Waals surface area contributed by atoms with Crippen LogP contribution >= 0.6 is 11.6 Å². The van der Waals surface area contributed by atoms with Gasteiger partial charge in [-0.2, -0.15) is 0 Å². The van der Waals surface area contributed by atoms with E-state index in [2.05, 4.69) is 0 Å². The number of aliphatic hydroxyl groups excluding tert-OH is 1. The molecule has 1 saturated heterocycles. The largest absolute Gasteiger partial charge is 0.507 e. The molecular weight excluding hydrogens is 482 g/mol. The predicted octanol–water partition coefficient (Wildman–Crippen LogP) is 5.52. The second-order valence-corrected chi connectivity index (χ2v) is 8.86. The van der Waals surface area contributed by atoms with Gasteiger partial charge in [-0.1, -0.05) is 29.8 Å². The van der Waals surface area contributed by atoms with Crippen molar-refractivity contribution in [3.05, 3.63) is 93.5 Å². The zero-order valence-corrected chi connectivity index (χ0v) is 20.9. The third kappa shape index (κ3) is 4.57. The number of carbonyl (C=O) groups is 3. The van der Waals surface area contributed by atoms with Gasteiger partial charge < -0.3 is 14.6 Å². The first kappa shape index (κ1) is 25.0. The minimum atomic E-state index is -0.930. The third-order valence-corrected chi connectivity index (χ3v) is 6.41. The molecule has 1 aliphatic heterocycles. The van der Waals surface area contributed by atoms with Gasteiger partial charge in [0, 0.05) is 18.2 Å². The predicted molar refractivity (Wildman–Crippen MR) is 136 cm³/mol. The van der Waals surface area contributed by atoms with Gasteiger partial charge in [-0.05, 0) is 73.0 Å². The molecule has 3 aromatic carbocycles. The number of ketones is 1. The zero-order chi connectivity index (χ0) is 26.1. The summed E-state index contributed by atoms with van der Waals surface area (Å²) in [5.74, 6) is -1.80. The molecule has 0 spiro atoms. The van der Waals surface area contributed by atoms with E-state index in [0.717, 1.165) is 11.1 Å². The number of methoxy groups -OCH3 is 1. The van der Waals surface area contributed by atoms with Crippen molar-refractivity contribution < 1.29 is 29.0 Å². The maximum absolute atomic E-state index is 13.3. The Labute approximate surface area is 213 Å². The van der Waals surface area contributed by atoms with Crippen molar-refractivity contribution in [2.45, 2.75) is 26.8 Å². The molecule has 0 aliphatic carbocycles. The molecule has 1 fully saturated rings. The van der Waals surface area contributed by atoms with Gasteiger partial charge in [0.2, 0.25) is 0 Å². The van der Waals surface area contributed by atoms with Crippen molar-refractivity contribution in [1.82, 2.24) is 0 Å². The molecule has 36 heavy (non-hydrogen) atoms. The second kappa shape index (κ2) is 9.87. The average molecular weight is 506 g/mol. The van der Waals surface area contributed by atoms with Crippen molar-refractivity contribution in [2.75, 3.05) is 12.0 Å². The third-order valence-electron chi connectivity index (χ3n) is 6.10. The Morgan fingerprint density at radius 3 is 2.28 bits per heavy atom. The summed E-state index contributed by atoms with van der Waals surface area (Å²) in [4.78, 5) is 39.4. The standard InChI is InChI=1S/C28H24ClNO6/c1-15-5-9-20(13-16(15)2)30-25(18-6-10-21(11-7-18)36-17(3)31)24(27(33)28(30)34)26(32)19-8-12-22(29)23(14-19)35-4/h5-14,25,32H,1-4H3/b26-24+. The molecule has 3 aromatic rings. The second-order valence-electron chi connectivity index (χ2n) is 8.45. The summed E-state index contributed by atoms with van der Waals surface area (Å²) in [6.45, 7) is 5.16. The Morgan fingerprint density at radius 1 is 0.972 bits per heavy atom. The zero-order valence-electron chi connectivity index (χ0n) is 20.2. The van der Waals surface area contributed by atoms with E-state index >= 15 is 0 Å². The van der Waals surface area contributed by atoms with Crippen molar-refractivity contribution in [3.63, 3.8) is 0 Å². The van der Waals surface area contributed by atoms with Gasteiger partial charge in [0.1, 0.15) is 17.3 Å². The van der Waals surface area contributed by atoms with Crippen LogP contribution in [0, 0.1) is 13.8 Å². The van der Waals surface area contributed by atoms with E-state index < -0.39 is 23.7 Å². The lowest BCUT2D eigenvalue weighted by atomic mass is 9.95. The number of aliphatic hydroxyl groups is 1. The van der Waals surface area contributed by atoms with E-state index in [9.17, 15) is 19.5 Å². The fourth-order valence-corrected chi connectivity index (χ4v) is 4.33. The number of hydrogen-bond acceptors (Lipinski definition) is 6. The number of Topliss-reactive ketones (excluding diaryl/α,β-unsaturated/α-hetero) is 1. The number of rotatable bonds is 5. The van der Waals surface area contributed by atoms with Crippen LogP contribution in [0.4, 0.5) is 5.69 Å². The minimum Gasteiger partial charge on any atom is -0.507 e. The van der Waals surface area contributed by atoms with Crippen molar-refractivity contribution in [1.29, 1.82) is 0 Å². The summed E-state index contributed by atoms with van der Waals surface area (Å²) in [7, 11) is 1.44. The first-order chi connectivity index (χ1) is 17.1. The van der Waals surface area contributed by atoms with Crippen LogP contribution in [0.15, 0.2) is 66.2 Å². The lowest BCUT2D eigenvalue weighted by Crippen LogP contribution is -2.29. The van der Waals surface area contributed by atoms with Crippen LogP contribution in [0.3, 0.4) is 0 Å². The number of aryl methyl sites for hydroxylation is 2. The molecule has 1 unspecified atom stereocenters. The number of benzene rings is 3. The monoisotopic (exact) mass is 505 g/mol. The number of ether oxygens (including phenoxy) is 2. The number of carbonyl (C=O) groups excluding carboxylic acids is 3. The number of esters is 1. The Bertz CT molecular complexity index is 1410. The van der Waals surface area contributed by atoms with E-state index in [0.29, 0.717) is 27.8 Å². The molecule has 0 radical (unpaired) electrons. The maximum Gasteiger partial charge on any atom is 0.308 e. The molecule has 1 N–H and O–H groups in total. The van der Waals surface area contributed by atoms with E-state index in [-0.39, 0.29) is 16.9 Å². The Kier molecular flexibility index (Phi) is 6.86. The van der Waals surface area contributed by atoms with Crippen molar-refractivity contribution >= 4 is 40.7 Å². The molecule has 7 nitrogen and oxygen atoms in total. The fraction of sp³-hybridized carbons (Fsp3) is 0.179. The van der Waals surface area contributed by atoms with E-state index in [1.165, 1.54) is 31.1 Å². The van der Waals surface area contributed by atoms with Crippen LogP contribution in [-0.2, 0) is 14.4 Å². The number of amides is 1. The smallest absolute Gasteiger partial charge is 0.308 e. The van der Waals surface area contributed by atoms with Crippen LogP contribution in [-0.4, -0.2) is 29.9 Å². The quantitative estimate of drug-likeness (QED) is 0.161. The van der Waals surface area contributed by atoms with Gasteiger partial charge in [0.25, 0.3) is 11.7 Å². The Hall–Kier alpha value is -4.10. The van der Waals surface area contributed by atoms with E-state index in [1.54, 1.807) is 36.4 Å². The summed E-state index contributed by atoms with van der Waals surface area (Å²) in [6.07, 6.45) is 0. The number of anilines is 1. The molecule has 0 aromatic heterocycles. The summed E-state index contributed by atoms with van der Waals surface area (Å²) in [6, 6.07) is 15.6. The van der Waals surface area contributed by atoms with Crippen molar-refractivity contribution in [3.8, 4) is 11.5 Å². The Morgan fingerprint density at radius 2 is 1.67 bits per heavy atom. The molecule has 0 bridgehead atoms. The van der Waals surface area contributed by atoms with E-state index in [1.807, 2.05) is 26.0 Å². The average Bonchev–Trinajstić information content (AvgIpc) is 3.11. The molecule has 4 rings (SSSR count). The lowest BCUT2D eigenvalue weighted by molar-refractivity contribution is -0.132. The van der Waals surface area contributed by atoms with Crippen LogP contribution < -0.4 is 14.4 Å². The first-order valence-electron chi connectivity index (χ1n) is 11.1. The highest BCUT2D eigenvalue weighted by atomic mass is 35.5. The van der Waals surface area contributed by atoms with Crippen LogP contribution in [0.25, 0.3) is 5.76 Å².